The summed E-state index contributed by atoms with van der Waals surface area (Å²) < 4.78 is 3.25. The number of nitrogens with zero attached hydrogens (tertiary/aromatic N) is 2. The van der Waals surface area contributed by atoms with Gasteiger partial charge in [-0.15, -0.1) is 6.58 Å². The highest BCUT2D eigenvalue weighted by atomic mass is 32.1. The Bertz CT molecular complexity index is 735. The SMILES string of the molecule is C=CCn1c(=NC(=O)C2CCC2)sc2cc(C)ccc21. The number of allylic oxidation sites excluding steroid dienone is 1. The van der Waals surface area contributed by atoms with E-state index in [0.29, 0.717) is 6.54 Å². The summed E-state index contributed by atoms with van der Waals surface area (Å²) in [6.45, 7) is 6.56. The maximum absolute atomic E-state index is 12.1. The molecule has 0 atom stereocenters. The van der Waals surface area contributed by atoms with Crippen LogP contribution in [-0.4, -0.2) is 10.5 Å². The van der Waals surface area contributed by atoms with Gasteiger partial charge in [0.1, 0.15) is 0 Å². The molecule has 104 valence electrons. The Morgan fingerprint density at radius 2 is 2.35 bits per heavy atom. The van der Waals surface area contributed by atoms with E-state index in [0.717, 1.165) is 29.6 Å². The summed E-state index contributed by atoms with van der Waals surface area (Å²) in [6.07, 6.45) is 4.99. The van der Waals surface area contributed by atoms with Crippen LogP contribution in [0.4, 0.5) is 0 Å². The smallest absolute Gasteiger partial charge is 0.251 e. The lowest BCUT2D eigenvalue weighted by Crippen LogP contribution is -2.24. The topological polar surface area (TPSA) is 34.4 Å². The van der Waals surface area contributed by atoms with Gasteiger partial charge >= 0.3 is 0 Å². The maximum Gasteiger partial charge on any atom is 0.251 e. The predicted octanol–water partition coefficient (Wildman–Crippen LogP) is 3.42. The van der Waals surface area contributed by atoms with Crippen LogP contribution in [0.2, 0.25) is 0 Å². The standard InChI is InChI=1S/C16H18N2OS/c1-3-9-18-13-8-7-11(2)10-14(13)20-16(18)17-15(19)12-5-4-6-12/h3,7-8,10,12H,1,4-6,9H2,2H3. The Morgan fingerprint density at radius 1 is 1.55 bits per heavy atom. The van der Waals surface area contributed by atoms with Crippen molar-refractivity contribution in [2.45, 2.75) is 32.7 Å². The minimum atomic E-state index is 0.0392. The van der Waals surface area contributed by atoms with Crippen LogP contribution in [0, 0.1) is 12.8 Å². The van der Waals surface area contributed by atoms with E-state index in [2.05, 4.69) is 41.3 Å². The van der Waals surface area contributed by atoms with E-state index in [4.69, 9.17) is 0 Å². The molecule has 0 saturated heterocycles. The van der Waals surface area contributed by atoms with Gasteiger partial charge in [-0.05, 0) is 37.5 Å². The van der Waals surface area contributed by atoms with Gasteiger partial charge in [-0.25, -0.2) is 0 Å². The number of carbonyl (C=O) groups is 1. The fourth-order valence-electron chi connectivity index (χ4n) is 2.41. The number of aryl methyl sites for hydroxylation is 1. The van der Waals surface area contributed by atoms with Gasteiger partial charge in [-0.3, -0.25) is 4.79 Å². The van der Waals surface area contributed by atoms with Gasteiger partial charge in [-0.2, -0.15) is 4.99 Å². The molecule has 0 N–H and O–H groups in total. The van der Waals surface area contributed by atoms with Gasteiger partial charge in [0, 0.05) is 12.5 Å². The van der Waals surface area contributed by atoms with Crippen LogP contribution in [0.15, 0.2) is 35.8 Å². The summed E-state index contributed by atoms with van der Waals surface area (Å²) in [7, 11) is 0. The average molecular weight is 286 g/mol. The number of carbonyl (C=O) groups excluding carboxylic acids is 1. The lowest BCUT2D eigenvalue weighted by Gasteiger charge is -2.20. The van der Waals surface area contributed by atoms with Gasteiger partial charge in [0.25, 0.3) is 5.91 Å². The predicted molar refractivity (Wildman–Crippen MR) is 82.7 cm³/mol. The zero-order valence-corrected chi connectivity index (χ0v) is 12.4. The summed E-state index contributed by atoms with van der Waals surface area (Å²) in [4.78, 5) is 17.3. The van der Waals surface area contributed by atoms with Crippen LogP contribution < -0.4 is 4.80 Å². The number of aromatic nitrogens is 1. The first-order valence-electron chi connectivity index (χ1n) is 6.98. The first-order chi connectivity index (χ1) is 9.69. The molecule has 2 aromatic rings. The second-order valence-electron chi connectivity index (χ2n) is 5.33. The molecule has 1 fully saturated rings. The van der Waals surface area contributed by atoms with E-state index in [1.54, 1.807) is 11.3 Å². The Labute approximate surface area is 122 Å². The molecule has 1 saturated carbocycles. The summed E-state index contributed by atoms with van der Waals surface area (Å²) in [6, 6.07) is 6.33. The molecule has 3 nitrogen and oxygen atoms in total. The second-order valence-corrected chi connectivity index (χ2v) is 6.34. The molecule has 4 heteroatoms. The van der Waals surface area contributed by atoms with Crippen molar-refractivity contribution in [2.75, 3.05) is 0 Å². The molecule has 20 heavy (non-hydrogen) atoms. The van der Waals surface area contributed by atoms with Crippen molar-refractivity contribution in [3.8, 4) is 0 Å². The number of amides is 1. The molecule has 3 rings (SSSR count). The number of benzene rings is 1. The lowest BCUT2D eigenvalue weighted by molar-refractivity contribution is -0.124. The molecular weight excluding hydrogens is 268 g/mol. The number of rotatable bonds is 3. The number of fused-ring (bicyclic) bond motifs is 1. The van der Waals surface area contributed by atoms with E-state index >= 15 is 0 Å². The molecule has 1 aliphatic carbocycles. The highest BCUT2D eigenvalue weighted by Gasteiger charge is 2.25. The van der Waals surface area contributed by atoms with Gasteiger partial charge < -0.3 is 4.57 Å². The monoisotopic (exact) mass is 286 g/mol. The fourth-order valence-corrected chi connectivity index (χ4v) is 3.56. The van der Waals surface area contributed by atoms with Gasteiger partial charge in [-0.1, -0.05) is 29.9 Å². The number of hydrogen-bond donors (Lipinski definition) is 0. The maximum atomic E-state index is 12.1. The normalized spacial score (nSPS) is 16.4. The average Bonchev–Trinajstić information content (AvgIpc) is 2.64. The molecule has 1 heterocycles. The minimum absolute atomic E-state index is 0.0392. The van der Waals surface area contributed by atoms with Crippen molar-refractivity contribution in [2.24, 2.45) is 10.9 Å². The quantitative estimate of drug-likeness (QED) is 0.796. The van der Waals surface area contributed by atoms with Crippen molar-refractivity contribution < 1.29 is 4.79 Å². The lowest BCUT2D eigenvalue weighted by atomic mass is 9.85. The van der Waals surface area contributed by atoms with E-state index in [9.17, 15) is 4.79 Å². The molecule has 1 aromatic heterocycles. The highest BCUT2D eigenvalue weighted by molar-refractivity contribution is 7.16. The van der Waals surface area contributed by atoms with Crippen LogP contribution in [-0.2, 0) is 11.3 Å². The van der Waals surface area contributed by atoms with Gasteiger partial charge in [0.2, 0.25) is 0 Å². The van der Waals surface area contributed by atoms with Gasteiger partial charge in [0.05, 0.1) is 10.2 Å². The largest absolute Gasteiger partial charge is 0.313 e. The van der Waals surface area contributed by atoms with Gasteiger partial charge in [0.15, 0.2) is 4.80 Å². The van der Waals surface area contributed by atoms with Crippen LogP contribution >= 0.6 is 11.3 Å². The molecule has 0 spiro atoms. The summed E-state index contributed by atoms with van der Waals surface area (Å²) >= 11 is 1.59. The molecular formula is C16H18N2OS. The third-order valence-corrected chi connectivity index (χ3v) is 4.85. The second kappa shape index (κ2) is 5.37. The molecule has 1 aromatic carbocycles. The summed E-state index contributed by atoms with van der Waals surface area (Å²) in [5.41, 5.74) is 2.35. The minimum Gasteiger partial charge on any atom is -0.313 e. The molecule has 1 amide bonds. The fraction of sp³-hybridized carbons (Fsp3) is 0.375. The Hall–Kier alpha value is -1.68. The van der Waals surface area contributed by atoms with Crippen LogP contribution in [0.3, 0.4) is 0 Å². The molecule has 0 aliphatic heterocycles. The van der Waals surface area contributed by atoms with Crippen LogP contribution in [0.25, 0.3) is 10.2 Å². The van der Waals surface area contributed by atoms with E-state index in [1.165, 1.54) is 10.3 Å². The van der Waals surface area contributed by atoms with E-state index in [1.807, 2.05) is 6.08 Å². The van der Waals surface area contributed by atoms with Crippen molar-refractivity contribution in [1.29, 1.82) is 0 Å². The Kier molecular flexibility index (Phi) is 3.57. The summed E-state index contributed by atoms with van der Waals surface area (Å²) in [5, 5.41) is 0. The van der Waals surface area contributed by atoms with Crippen molar-refractivity contribution in [3.63, 3.8) is 0 Å². The van der Waals surface area contributed by atoms with E-state index < -0.39 is 0 Å². The zero-order chi connectivity index (χ0) is 14.1. The Morgan fingerprint density at radius 3 is 3.00 bits per heavy atom. The molecule has 0 unspecified atom stereocenters. The molecule has 1 aliphatic rings. The van der Waals surface area contributed by atoms with Crippen molar-refractivity contribution in [3.05, 3.63) is 41.2 Å². The third kappa shape index (κ3) is 2.36. The highest BCUT2D eigenvalue weighted by Crippen LogP contribution is 2.27. The molecule has 0 bridgehead atoms. The third-order valence-electron chi connectivity index (χ3n) is 3.81. The Balaban J connectivity index is 2.12. The first kappa shape index (κ1) is 13.3. The number of thiazole rings is 1. The molecule has 0 radical (unpaired) electrons. The van der Waals surface area contributed by atoms with Crippen LogP contribution in [0.1, 0.15) is 24.8 Å². The van der Waals surface area contributed by atoms with Crippen molar-refractivity contribution >= 4 is 27.5 Å². The van der Waals surface area contributed by atoms with Crippen LogP contribution in [0.5, 0.6) is 0 Å². The van der Waals surface area contributed by atoms with E-state index in [-0.39, 0.29) is 11.8 Å². The zero-order valence-electron chi connectivity index (χ0n) is 11.6. The number of hydrogen-bond acceptors (Lipinski definition) is 2. The summed E-state index contributed by atoms with van der Waals surface area (Å²) in [5.74, 6) is 0.191. The van der Waals surface area contributed by atoms with Crippen molar-refractivity contribution in [1.82, 2.24) is 4.57 Å². The first-order valence-corrected chi connectivity index (χ1v) is 7.80.